The molecule has 0 bridgehead atoms. The number of hydrogen-bond donors (Lipinski definition) is 1. The molecule has 0 radical (unpaired) electrons. The molecule has 0 unspecified atom stereocenters. The van der Waals surface area contributed by atoms with E-state index in [2.05, 4.69) is 33.3 Å². The van der Waals surface area contributed by atoms with Crippen LogP contribution in [-0.4, -0.2) is 56.2 Å². The number of nitrogens with one attached hydrogen (secondary N) is 1. The maximum absolute atomic E-state index is 13.0. The van der Waals surface area contributed by atoms with Gasteiger partial charge >= 0.3 is 0 Å². The second-order valence-electron chi connectivity index (χ2n) is 8.66. The number of carbonyl (C=O) groups excluding carboxylic acids is 1. The number of methoxy groups -OCH3 is 1. The Morgan fingerprint density at radius 1 is 1.00 bits per heavy atom. The minimum atomic E-state index is -0.243. The van der Waals surface area contributed by atoms with Crippen LogP contribution < -0.4 is 15.0 Å². The standard InChI is InChI=1S/C24H33N3O2/c1-24(2,3)25-23(28)20(19-10-6-5-7-11-19)18-26-14-16-27(17-15-26)21-12-8-9-13-22(21)29-4/h5-13,20H,14-18H2,1-4H3,(H,25,28)/t20-/m0/s1. The van der Waals surface area contributed by atoms with Crippen LogP contribution in [0.1, 0.15) is 32.3 Å². The molecule has 2 aromatic rings. The van der Waals surface area contributed by atoms with Gasteiger partial charge in [0, 0.05) is 38.3 Å². The van der Waals surface area contributed by atoms with Crippen molar-refractivity contribution in [3.8, 4) is 5.75 Å². The van der Waals surface area contributed by atoms with E-state index in [1.54, 1.807) is 7.11 Å². The highest BCUT2D eigenvalue weighted by Crippen LogP contribution is 2.29. The molecule has 5 heteroatoms. The molecule has 5 nitrogen and oxygen atoms in total. The maximum atomic E-state index is 13.0. The van der Waals surface area contributed by atoms with Crippen molar-refractivity contribution in [1.29, 1.82) is 0 Å². The SMILES string of the molecule is COc1ccccc1N1CCN(C[C@H](C(=O)NC(C)(C)C)c2ccccc2)CC1. The number of rotatable bonds is 6. The minimum Gasteiger partial charge on any atom is -0.495 e. The van der Waals surface area contributed by atoms with E-state index in [1.807, 2.05) is 57.2 Å². The zero-order chi connectivity index (χ0) is 20.9. The van der Waals surface area contributed by atoms with E-state index in [4.69, 9.17) is 4.74 Å². The van der Waals surface area contributed by atoms with E-state index < -0.39 is 0 Å². The third-order valence-electron chi connectivity index (χ3n) is 5.26. The Bertz CT molecular complexity index is 793. The Morgan fingerprint density at radius 3 is 2.24 bits per heavy atom. The van der Waals surface area contributed by atoms with E-state index in [-0.39, 0.29) is 17.4 Å². The fraction of sp³-hybridized carbons (Fsp3) is 0.458. The summed E-state index contributed by atoms with van der Waals surface area (Å²) >= 11 is 0. The highest BCUT2D eigenvalue weighted by molar-refractivity contribution is 5.84. The number of ether oxygens (including phenoxy) is 1. The van der Waals surface area contributed by atoms with Gasteiger partial charge in [-0.2, -0.15) is 0 Å². The molecule has 1 amide bonds. The molecular weight excluding hydrogens is 362 g/mol. The van der Waals surface area contributed by atoms with Gasteiger partial charge in [-0.3, -0.25) is 9.69 Å². The first-order chi connectivity index (χ1) is 13.9. The summed E-state index contributed by atoms with van der Waals surface area (Å²) in [6.45, 7) is 10.5. The van der Waals surface area contributed by atoms with Crippen molar-refractivity contribution >= 4 is 11.6 Å². The molecule has 1 N–H and O–H groups in total. The van der Waals surface area contributed by atoms with Crippen molar-refractivity contribution in [2.24, 2.45) is 0 Å². The summed E-state index contributed by atoms with van der Waals surface area (Å²) < 4.78 is 5.52. The fourth-order valence-electron chi connectivity index (χ4n) is 3.80. The van der Waals surface area contributed by atoms with Gasteiger partial charge in [0.05, 0.1) is 18.7 Å². The number of hydrogen-bond acceptors (Lipinski definition) is 4. The van der Waals surface area contributed by atoms with Gasteiger partial charge in [-0.05, 0) is 38.5 Å². The second kappa shape index (κ2) is 9.31. The van der Waals surface area contributed by atoms with Gasteiger partial charge < -0.3 is 15.0 Å². The van der Waals surface area contributed by atoms with Crippen LogP contribution in [0.3, 0.4) is 0 Å². The normalized spacial score (nSPS) is 16.3. The first kappa shape index (κ1) is 21.2. The third kappa shape index (κ3) is 5.73. The Kier molecular flexibility index (Phi) is 6.80. The molecule has 3 rings (SSSR count). The number of piperazine rings is 1. The molecule has 156 valence electrons. The van der Waals surface area contributed by atoms with Gasteiger partial charge in [0.1, 0.15) is 5.75 Å². The summed E-state index contributed by atoms with van der Waals surface area (Å²) in [7, 11) is 1.72. The zero-order valence-corrected chi connectivity index (χ0v) is 18.0. The maximum Gasteiger partial charge on any atom is 0.229 e. The summed E-state index contributed by atoms with van der Waals surface area (Å²) in [5.74, 6) is 0.830. The lowest BCUT2D eigenvalue weighted by Gasteiger charge is -2.38. The van der Waals surface area contributed by atoms with Crippen LogP contribution in [0.25, 0.3) is 0 Å². The van der Waals surface area contributed by atoms with E-state index in [9.17, 15) is 4.79 Å². The Hall–Kier alpha value is -2.53. The zero-order valence-electron chi connectivity index (χ0n) is 18.0. The highest BCUT2D eigenvalue weighted by atomic mass is 16.5. The van der Waals surface area contributed by atoms with E-state index >= 15 is 0 Å². The van der Waals surface area contributed by atoms with Crippen LogP contribution in [0.2, 0.25) is 0 Å². The van der Waals surface area contributed by atoms with Gasteiger partial charge in [0.15, 0.2) is 0 Å². The highest BCUT2D eigenvalue weighted by Gasteiger charge is 2.28. The van der Waals surface area contributed by atoms with Gasteiger partial charge in [-0.15, -0.1) is 0 Å². The van der Waals surface area contributed by atoms with Gasteiger partial charge in [-0.1, -0.05) is 42.5 Å². The quantitative estimate of drug-likeness (QED) is 0.813. The van der Waals surface area contributed by atoms with Crippen LogP contribution in [0, 0.1) is 0 Å². The average Bonchev–Trinajstić information content (AvgIpc) is 2.72. The number of para-hydroxylation sites is 2. The van der Waals surface area contributed by atoms with Crippen molar-refractivity contribution in [3.63, 3.8) is 0 Å². The number of nitrogens with zero attached hydrogens (tertiary/aromatic N) is 2. The molecular formula is C24H33N3O2. The van der Waals surface area contributed by atoms with E-state index in [0.29, 0.717) is 0 Å². The van der Waals surface area contributed by atoms with Crippen LogP contribution in [0.4, 0.5) is 5.69 Å². The average molecular weight is 396 g/mol. The van der Waals surface area contributed by atoms with Crippen molar-refractivity contribution in [1.82, 2.24) is 10.2 Å². The first-order valence-electron chi connectivity index (χ1n) is 10.3. The van der Waals surface area contributed by atoms with Crippen molar-refractivity contribution in [3.05, 3.63) is 60.2 Å². The molecule has 0 aliphatic carbocycles. The molecule has 0 spiro atoms. The van der Waals surface area contributed by atoms with Gasteiger partial charge in [0.2, 0.25) is 5.91 Å². The van der Waals surface area contributed by atoms with Crippen molar-refractivity contribution < 1.29 is 9.53 Å². The molecule has 1 aliphatic heterocycles. The Balaban J connectivity index is 1.67. The van der Waals surface area contributed by atoms with E-state index in [1.165, 1.54) is 0 Å². The molecule has 0 saturated carbocycles. The lowest BCUT2D eigenvalue weighted by molar-refractivity contribution is -0.124. The lowest BCUT2D eigenvalue weighted by Crippen LogP contribution is -2.50. The van der Waals surface area contributed by atoms with Crippen molar-refractivity contribution in [2.45, 2.75) is 32.2 Å². The molecule has 1 heterocycles. The number of benzene rings is 2. The predicted octanol–water partition coefficient (Wildman–Crippen LogP) is 3.52. The smallest absolute Gasteiger partial charge is 0.229 e. The predicted molar refractivity (Wildman–Crippen MR) is 119 cm³/mol. The molecule has 2 aromatic carbocycles. The summed E-state index contributed by atoms with van der Waals surface area (Å²) in [4.78, 5) is 17.8. The Labute approximate surface area is 174 Å². The van der Waals surface area contributed by atoms with Crippen LogP contribution in [0.15, 0.2) is 54.6 Å². The van der Waals surface area contributed by atoms with E-state index in [0.717, 1.165) is 49.7 Å². The largest absolute Gasteiger partial charge is 0.495 e. The number of carbonyl (C=O) groups is 1. The molecule has 1 fully saturated rings. The first-order valence-corrected chi connectivity index (χ1v) is 10.3. The minimum absolute atomic E-state index is 0.0934. The molecule has 1 atom stereocenters. The summed E-state index contributed by atoms with van der Waals surface area (Å²) in [5.41, 5.74) is 1.97. The topological polar surface area (TPSA) is 44.8 Å². The fourth-order valence-corrected chi connectivity index (χ4v) is 3.80. The number of amides is 1. The van der Waals surface area contributed by atoms with Gasteiger partial charge in [-0.25, -0.2) is 0 Å². The van der Waals surface area contributed by atoms with Crippen molar-refractivity contribution in [2.75, 3.05) is 44.7 Å². The summed E-state index contributed by atoms with van der Waals surface area (Å²) in [5, 5.41) is 3.16. The monoisotopic (exact) mass is 395 g/mol. The number of anilines is 1. The summed E-state index contributed by atoms with van der Waals surface area (Å²) in [6.07, 6.45) is 0. The molecule has 29 heavy (non-hydrogen) atoms. The van der Waals surface area contributed by atoms with Crippen LogP contribution in [-0.2, 0) is 4.79 Å². The Morgan fingerprint density at radius 2 is 1.62 bits per heavy atom. The third-order valence-corrected chi connectivity index (χ3v) is 5.26. The lowest BCUT2D eigenvalue weighted by atomic mass is 9.95. The van der Waals surface area contributed by atoms with Crippen LogP contribution >= 0.6 is 0 Å². The van der Waals surface area contributed by atoms with Crippen LogP contribution in [0.5, 0.6) is 5.75 Å². The van der Waals surface area contributed by atoms with Gasteiger partial charge in [0.25, 0.3) is 0 Å². The summed E-state index contributed by atoms with van der Waals surface area (Å²) in [6, 6.07) is 18.3. The second-order valence-corrected chi connectivity index (χ2v) is 8.66. The molecule has 0 aromatic heterocycles. The molecule has 1 saturated heterocycles. The molecule has 1 aliphatic rings.